The van der Waals surface area contributed by atoms with Gasteiger partial charge >= 0.3 is 0 Å². The summed E-state index contributed by atoms with van der Waals surface area (Å²) in [5.74, 6) is 0.656. The molecule has 2 N–H and O–H groups in total. The summed E-state index contributed by atoms with van der Waals surface area (Å²) in [5, 5.41) is 6.76. The summed E-state index contributed by atoms with van der Waals surface area (Å²) >= 11 is 0. The first-order chi connectivity index (χ1) is 14.3. The number of nitrogens with zero attached hydrogens (tertiary/aromatic N) is 3. The highest BCUT2D eigenvalue weighted by Crippen LogP contribution is 2.18. The van der Waals surface area contributed by atoms with E-state index < -0.39 is 0 Å². The second-order valence-corrected chi connectivity index (χ2v) is 7.68. The van der Waals surface area contributed by atoms with Crippen molar-refractivity contribution in [3.63, 3.8) is 0 Å². The van der Waals surface area contributed by atoms with Crippen LogP contribution in [0.4, 0.5) is 0 Å². The maximum absolute atomic E-state index is 13.2. The van der Waals surface area contributed by atoms with Crippen molar-refractivity contribution in [2.75, 3.05) is 66.1 Å². The van der Waals surface area contributed by atoms with E-state index in [9.17, 15) is 4.79 Å². The lowest BCUT2D eigenvalue weighted by molar-refractivity contribution is -0.136. The van der Waals surface area contributed by atoms with Gasteiger partial charge in [0.15, 0.2) is 5.96 Å². The van der Waals surface area contributed by atoms with Gasteiger partial charge in [0.2, 0.25) is 5.91 Å². The zero-order valence-corrected chi connectivity index (χ0v) is 17.6. The lowest BCUT2D eigenvalue weighted by Crippen LogP contribution is -2.48. The number of carbonyl (C=O) groups is 1. The van der Waals surface area contributed by atoms with E-state index in [2.05, 4.69) is 20.5 Å². The van der Waals surface area contributed by atoms with Gasteiger partial charge in [0.1, 0.15) is 0 Å². The molecule has 2 saturated heterocycles. The van der Waals surface area contributed by atoms with Crippen LogP contribution in [0.2, 0.25) is 0 Å². The van der Waals surface area contributed by atoms with Gasteiger partial charge in [0.25, 0.3) is 0 Å². The smallest absolute Gasteiger partial charge is 0.232 e. The molecule has 29 heavy (non-hydrogen) atoms. The van der Waals surface area contributed by atoms with E-state index in [1.54, 1.807) is 7.05 Å². The van der Waals surface area contributed by atoms with Gasteiger partial charge in [-0.15, -0.1) is 0 Å². The number of guanidine groups is 1. The lowest BCUT2D eigenvalue weighted by Gasteiger charge is -2.31. The van der Waals surface area contributed by atoms with E-state index in [0.717, 1.165) is 24.6 Å². The number of nitrogens with one attached hydrogen (secondary N) is 2. The number of likely N-dealkylation sites (tertiary alicyclic amines) is 1. The summed E-state index contributed by atoms with van der Waals surface area (Å²) in [6.07, 6.45) is 3.95. The molecule has 0 bridgehead atoms. The van der Waals surface area contributed by atoms with E-state index in [1.807, 2.05) is 35.2 Å². The zero-order valence-electron chi connectivity index (χ0n) is 17.6. The highest BCUT2D eigenvalue weighted by Gasteiger charge is 2.27. The van der Waals surface area contributed by atoms with Crippen LogP contribution >= 0.6 is 0 Å². The minimum Gasteiger partial charge on any atom is -0.378 e. The molecule has 7 nitrogen and oxygen atoms in total. The van der Waals surface area contributed by atoms with Gasteiger partial charge in [-0.1, -0.05) is 36.8 Å². The standard InChI is InChI=1S/C22H35N5O2/c1-23-22(24-10-13-26-11-6-3-7-12-26)25-18-20(19-8-4-2-5-9-19)21(28)27-14-16-29-17-15-27/h2,4-5,8-9,20H,3,6-7,10-18H2,1H3,(H2,23,24,25). The topological polar surface area (TPSA) is 69.2 Å². The van der Waals surface area contributed by atoms with Crippen molar-refractivity contribution in [3.8, 4) is 0 Å². The second-order valence-electron chi connectivity index (χ2n) is 7.68. The zero-order chi connectivity index (χ0) is 20.3. The monoisotopic (exact) mass is 401 g/mol. The second kappa shape index (κ2) is 11.8. The average molecular weight is 402 g/mol. The number of carbonyl (C=O) groups excluding carboxylic acids is 1. The van der Waals surface area contributed by atoms with Gasteiger partial charge in [-0.25, -0.2) is 0 Å². The number of morpholine rings is 1. The molecule has 2 heterocycles. The summed E-state index contributed by atoms with van der Waals surface area (Å²) in [4.78, 5) is 21.9. The highest BCUT2D eigenvalue weighted by molar-refractivity contribution is 5.86. The minimum atomic E-state index is -0.241. The van der Waals surface area contributed by atoms with Crippen molar-refractivity contribution < 1.29 is 9.53 Å². The predicted molar refractivity (Wildman–Crippen MR) is 116 cm³/mol. The van der Waals surface area contributed by atoms with Crippen LogP contribution in [0, 0.1) is 0 Å². The van der Waals surface area contributed by atoms with Gasteiger partial charge in [-0.2, -0.15) is 0 Å². The molecule has 1 aromatic carbocycles. The molecule has 1 unspecified atom stereocenters. The highest BCUT2D eigenvalue weighted by atomic mass is 16.5. The fourth-order valence-electron chi connectivity index (χ4n) is 3.97. The van der Waals surface area contributed by atoms with E-state index >= 15 is 0 Å². The predicted octanol–water partition coefficient (Wildman–Crippen LogP) is 1.28. The molecule has 0 aliphatic carbocycles. The first kappa shape index (κ1) is 21.6. The molecule has 2 aliphatic rings. The number of aliphatic imine (C=N–C) groups is 1. The molecule has 1 atom stereocenters. The van der Waals surface area contributed by atoms with Gasteiger partial charge in [-0.05, 0) is 31.5 Å². The third-order valence-electron chi connectivity index (χ3n) is 5.69. The Morgan fingerprint density at radius 1 is 1.07 bits per heavy atom. The van der Waals surface area contributed by atoms with Crippen molar-refractivity contribution >= 4 is 11.9 Å². The van der Waals surface area contributed by atoms with Crippen molar-refractivity contribution in [2.45, 2.75) is 25.2 Å². The molecule has 0 radical (unpaired) electrons. The molecule has 7 heteroatoms. The number of hydrogen-bond acceptors (Lipinski definition) is 4. The number of benzene rings is 1. The molecule has 2 fully saturated rings. The summed E-state index contributed by atoms with van der Waals surface area (Å²) in [5.41, 5.74) is 1.03. The fourth-order valence-corrected chi connectivity index (χ4v) is 3.97. The van der Waals surface area contributed by atoms with Crippen LogP contribution in [0.3, 0.4) is 0 Å². The van der Waals surface area contributed by atoms with Gasteiger partial charge < -0.3 is 25.2 Å². The van der Waals surface area contributed by atoms with Gasteiger partial charge in [0.05, 0.1) is 19.1 Å². The van der Waals surface area contributed by atoms with Crippen LogP contribution in [0.1, 0.15) is 30.7 Å². The Kier molecular flexibility index (Phi) is 8.77. The Morgan fingerprint density at radius 3 is 2.48 bits per heavy atom. The largest absolute Gasteiger partial charge is 0.378 e. The van der Waals surface area contributed by atoms with Crippen LogP contribution in [0.15, 0.2) is 35.3 Å². The number of ether oxygens (including phenoxy) is 1. The molecule has 2 aliphatic heterocycles. The molecule has 0 saturated carbocycles. The molecular formula is C22H35N5O2. The maximum atomic E-state index is 13.2. The molecule has 1 aromatic rings. The van der Waals surface area contributed by atoms with Crippen LogP contribution in [-0.2, 0) is 9.53 Å². The average Bonchev–Trinajstić information content (AvgIpc) is 2.80. The number of rotatable bonds is 7. The van der Waals surface area contributed by atoms with Gasteiger partial charge in [-0.3, -0.25) is 9.79 Å². The van der Waals surface area contributed by atoms with Crippen LogP contribution in [-0.4, -0.2) is 87.7 Å². The fraction of sp³-hybridized carbons (Fsp3) is 0.636. The van der Waals surface area contributed by atoms with Crippen LogP contribution in [0.25, 0.3) is 0 Å². The first-order valence-corrected chi connectivity index (χ1v) is 10.9. The first-order valence-electron chi connectivity index (χ1n) is 10.9. The van der Waals surface area contributed by atoms with Gasteiger partial charge in [0, 0.05) is 39.8 Å². The third kappa shape index (κ3) is 6.72. The van der Waals surface area contributed by atoms with E-state index in [0.29, 0.717) is 32.8 Å². The molecule has 0 spiro atoms. The van der Waals surface area contributed by atoms with Crippen molar-refractivity contribution in [3.05, 3.63) is 35.9 Å². The maximum Gasteiger partial charge on any atom is 0.232 e. The van der Waals surface area contributed by atoms with Crippen molar-refractivity contribution in [1.82, 2.24) is 20.4 Å². The van der Waals surface area contributed by atoms with Crippen LogP contribution in [0.5, 0.6) is 0 Å². The summed E-state index contributed by atoms with van der Waals surface area (Å²) < 4.78 is 5.40. The van der Waals surface area contributed by atoms with Crippen molar-refractivity contribution in [1.29, 1.82) is 0 Å². The molecule has 3 rings (SSSR count). The number of hydrogen-bond donors (Lipinski definition) is 2. The van der Waals surface area contributed by atoms with E-state index in [1.165, 1.54) is 32.4 Å². The molecular weight excluding hydrogens is 366 g/mol. The molecule has 160 valence electrons. The Bertz CT molecular complexity index is 640. The summed E-state index contributed by atoms with van der Waals surface area (Å²) in [7, 11) is 1.78. The third-order valence-corrected chi connectivity index (χ3v) is 5.69. The molecule has 1 amide bonds. The minimum absolute atomic E-state index is 0.149. The van der Waals surface area contributed by atoms with E-state index in [-0.39, 0.29) is 11.8 Å². The van der Waals surface area contributed by atoms with Crippen molar-refractivity contribution in [2.24, 2.45) is 4.99 Å². The number of piperidine rings is 1. The summed E-state index contributed by atoms with van der Waals surface area (Å²) in [6, 6.07) is 10.0. The Labute approximate surface area is 174 Å². The Balaban J connectivity index is 1.54. The quantitative estimate of drug-likeness (QED) is 0.532. The molecule has 0 aromatic heterocycles. The number of amides is 1. The Morgan fingerprint density at radius 2 is 1.79 bits per heavy atom. The Hall–Kier alpha value is -2.12. The van der Waals surface area contributed by atoms with Crippen LogP contribution < -0.4 is 10.6 Å². The summed E-state index contributed by atoms with van der Waals surface area (Å²) in [6.45, 7) is 7.32. The van der Waals surface area contributed by atoms with E-state index in [4.69, 9.17) is 4.74 Å². The normalized spacial score (nSPS) is 19.6. The SMILES string of the molecule is CN=C(NCCN1CCCCC1)NCC(C(=O)N1CCOCC1)c1ccccc1. The lowest BCUT2D eigenvalue weighted by atomic mass is 9.97.